The predicted molar refractivity (Wildman–Crippen MR) is 94.8 cm³/mol. The minimum absolute atomic E-state index is 0. The number of nitrogens with one attached hydrogen (secondary N) is 2. The molecular formula is C16H24IN3. The van der Waals surface area contributed by atoms with E-state index in [0.717, 1.165) is 25.0 Å². The molecule has 3 rings (SSSR count). The van der Waals surface area contributed by atoms with Crippen molar-refractivity contribution < 1.29 is 0 Å². The Labute approximate surface area is 138 Å². The predicted octanol–water partition coefficient (Wildman–Crippen LogP) is 3.13. The third kappa shape index (κ3) is 4.36. The molecule has 1 aromatic rings. The zero-order valence-electron chi connectivity index (χ0n) is 12.0. The molecule has 4 heteroatoms. The number of halogens is 1. The number of hydrogen-bond donors (Lipinski definition) is 2. The van der Waals surface area contributed by atoms with E-state index in [2.05, 4.69) is 52.9 Å². The molecule has 2 aliphatic rings. The first-order valence-corrected chi connectivity index (χ1v) is 7.46. The standard InChI is InChI=1S/C16H23N3.HI/c1-2-17-16(18-11-12-8-9-12)19-15-10-14(15)13-6-4-3-5-7-13;/h3-7,12,14-15H,2,8-11H2,1H3,(H2,17,18,19);1H. The molecule has 0 bridgehead atoms. The van der Waals surface area contributed by atoms with Gasteiger partial charge in [0.05, 0.1) is 0 Å². The van der Waals surface area contributed by atoms with Crippen LogP contribution in [0.4, 0.5) is 0 Å². The summed E-state index contributed by atoms with van der Waals surface area (Å²) in [5.41, 5.74) is 1.44. The van der Waals surface area contributed by atoms with E-state index in [9.17, 15) is 0 Å². The molecule has 3 nitrogen and oxygen atoms in total. The number of nitrogens with zero attached hydrogens (tertiary/aromatic N) is 1. The van der Waals surface area contributed by atoms with E-state index in [0.29, 0.717) is 12.0 Å². The molecule has 0 aromatic heterocycles. The Balaban J connectivity index is 0.00000147. The van der Waals surface area contributed by atoms with Gasteiger partial charge in [0.25, 0.3) is 0 Å². The Kier molecular flexibility index (Phi) is 5.69. The smallest absolute Gasteiger partial charge is 0.191 e. The Hall–Kier alpha value is -0.780. The van der Waals surface area contributed by atoms with Gasteiger partial charge in [-0.3, -0.25) is 4.99 Å². The molecule has 0 amide bonds. The van der Waals surface area contributed by atoms with Gasteiger partial charge in [-0.2, -0.15) is 0 Å². The monoisotopic (exact) mass is 385 g/mol. The Morgan fingerprint density at radius 3 is 2.65 bits per heavy atom. The average molecular weight is 385 g/mol. The summed E-state index contributed by atoms with van der Waals surface area (Å²) >= 11 is 0. The van der Waals surface area contributed by atoms with Crippen LogP contribution >= 0.6 is 24.0 Å². The van der Waals surface area contributed by atoms with Gasteiger partial charge in [0.15, 0.2) is 5.96 Å². The van der Waals surface area contributed by atoms with Crippen molar-refractivity contribution in [3.8, 4) is 0 Å². The topological polar surface area (TPSA) is 36.4 Å². The maximum absolute atomic E-state index is 4.68. The van der Waals surface area contributed by atoms with Crippen LogP contribution in [0, 0.1) is 5.92 Å². The SMILES string of the molecule is CCNC(=NCC1CC1)NC1CC1c1ccccc1.I. The van der Waals surface area contributed by atoms with Crippen molar-refractivity contribution in [2.75, 3.05) is 13.1 Å². The molecule has 2 saturated carbocycles. The van der Waals surface area contributed by atoms with Crippen LogP contribution in [0.25, 0.3) is 0 Å². The summed E-state index contributed by atoms with van der Waals surface area (Å²) in [4.78, 5) is 4.68. The van der Waals surface area contributed by atoms with Crippen LogP contribution in [-0.4, -0.2) is 25.1 Å². The molecule has 20 heavy (non-hydrogen) atoms. The highest BCUT2D eigenvalue weighted by molar-refractivity contribution is 14.0. The van der Waals surface area contributed by atoms with Crippen molar-refractivity contribution in [1.29, 1.82) is 0 Å². The molecule has 2 fully saturated rings. The molecule has 0 heterocycles. The summed E-state index contributed by atoms with van der Waals surface area (Å²) in [5, 5.41) is 6.91. The van der Waals surface area contributed by atoms with Crippen LogP contribution in [0.5, 0.6) is 0 Å². The largest absolute Gasteiger partial charge is 0.357 e. The van der Waals surface area contributed by atoms with Gasteiger partial charge in [0.2, 0.25) is 0 Å². The summed E-state index contributed by atoms with van der Waals surface area (Å²) in [6, 6.07) is 11.3. The fourth-order valence-corrected chi connectivity index (χ4v) is 2.44. The van der Waals surface area contributed by atoms with Gasteiger partial charge in [-0.25, -0.2) is 0 Å². The first-order chi connectivity index (χ1) is 9.36. The molecule has 2 N–H and O–H groups in total. The summed E-state index contributed by atoms with van der Waals surface area (Å²) in [6.07, 6.45) is 3.94. The normalized spacial score (nSPS) is 24.8. The van der Waals surface area contributed by atoms with Gasteiger partial charge in [0.1, 0.15) is 0 Å². The van der Waals surface area contributed by atoms with Crippen LogP contribution in [0.15, 0.2) is 35.3 Å². The van der Waals surface area contributed by atoms with Crippen molar-refractivity contribution in [2.24, 2.45) is 10.9 Å². The molecule has 0 spiro atoms. The summed E-state index contributed by atoms with van der Waals surface area (Å²) in [5.74, 6) is 2.50. The molecule has 1 aromatic carbocycles. The van der Waals surface area contributed by atoms with E-state index in [-0.39, 0.29) is 24.0 Å². The minimum Gasteiger partial charge on any atom is -0.357 e. The molecule has 2 atom stereocenters. The van der Waals surface area contributed by atoms with E-state index in [4.69, 9.17) is 0 Å². The third-order valence-corrected chi connectivity index (χ3v) is 3.89. The highest BCUT2D eigenvalue weighted by Crippen LogP contribution is 2.40. The molecule has 110 valence electrons. The van der Waals surface area contributed by atoms with Gasteiger partial charge < -0.3 is 10.6 Å². The fourth-order valence-electron chi connectivity index (χ4n) is 2.44. The fraction of sp³-hybridized carbons (Fsp3) is 0.562. The molecule has 2 unspecified atom stereocenters. The van der Waals surface area contributed by atoms with Crippen LogP contribution in [0.1, 0.15) is 37.7 Å². The Morgan fingerprint density at radius 2 is 2.00 bits per heavy atom. The minimum atomic E-state index is 0. The number of hydrogen-bond acceptors (Lipinski definition) is 1. The Bertz CT molecular complexity index is 442. The van der Waals surface area contributed by atoms with Crippen LogP contribution in [0.3, 0.4) is 0 Å². The van der Waals surface area contributed by atoms with Crippen molar-refractivity contribution in [2.45, 2.75) is 38.1 Å². The molecular weight excluding hydrogens is 361 g/mol. The molecule has 0 radical (unpaired) electrons. The zero-order chi connectivity index (χ0) is 13.1. The number of guanidine groups is 1. The summed E-state index contributed by atoms with van der Waals surface area (Å²) in [7, 11) is 0. The first-order valence-electron chi connectivity index (χ1n) is 7.46. The van der Waals surface area contributed by atoms with Gasteiger partial charge in [-0.1, -0.05) is 30.3 Å². The van der Waals surface area contributed by atoms with E-state index in [1.807, 2.05) is 0 Å². The van der Waals surface area contributed by atoms with Crippen LogP contribution < -0.4 is 10.6 Å². The van der Waals surface area contributed by atoms with E-state index >= 15 is 0 Å². The van der Waals surface area contributed by atoms with Gasteiger partial charge in [-0.05, 0) is 37.7 Å². The lowest BCUT2D eigenvalue weighted by molar-refractivity contribution is 0.772. The van der Waals surface area contributed by atoms with Crippen LogP contribution in [0.2, 0.25) is 0 Å². The van der Waals surface area contributed by atoms with E-state index in [1.165, 1.54) is 24.8 Å². The maximum atomic E-state index is 4.68. The second-order valence-electron chi connectivity index (χ2n) is 5.67. The van der Waals surface area contributed by atoms with Crippen molar-refractivity contribution in [3.63, 3.8) is 0 Å². The Morgan fingerprint density at radius 1 is 1.25 bits per heavy atom. The van der Waals surface area contributed by atoms with Crippen molar-refractivity contribution >= 4 is 29.9 Å². The number of rotatable bonds is 5. The second kappa shape index (κ2) is 7.29. The third-order valence-electron chi connectivity index (χ3n) is 3.89. The summed E-state index contributed by atoms with van der Waals surface area (Å²) < 4.78 is 0. The maximum Gasteiger partial charge on any atom is 0.191 e. The lowest BCUT2D eigenvalue weighted by Gasteiger charge is -2.11. The van der Waals surface area contributed by atoms with Gasteiger partial charge >= 0.3 is 0 Å². The molecule has 2 aliphatic carbocycles. The molecule has 0 aliphatic heterocycles. The van der Waals surface area contributed by atoms with Crippen molar-refractivity contribution in [3.05, 3.63) is 35.9 Å². The lowest BCUT2D eigenvalue weighted by Crippen LogP contribution is -2.39. The highest BCUT2D eigenvalue weighted by atomic mass is 127. The highest BCUT2D eigenvalue weighted by Gasteiger charge is 2.38. The van der Waals surface area contributed by atoms with Crippen LogP contribution in [-0.2, 0) is 0 Å². The van der Waals surface area contributed by atoms with E-state index < -0.39 is 0 Å². The van der Waals surface area contributed by atoms with Crippen molar-refractivity contribution in [1.82, 2.24) is 10.6 Å². The number of aliphatic imine (C=N–C) groups is 1. The summed E-state index contributed by atoms with van der Waals surface area (Å²) in [6.45, 7) is 4.03. The van der Waals surface area contributed by atoms with Gasteiger partial charge in [0, 0.05) is 25.0 Å². The quantitative estimate of drug-likeness (QED) is 0.464. The lowest BCUT2D eigenvalue weighted by atomic mass is 10.1. The molecule has 0 saturated heterocycles. The average Bonchev–Trinajstić information content (AvgIpc) is 3.33. The zero-order valence-corrected chi connectivity index (χ0v) is 14.3. The van der Waals surface area contributed by atoms with Gasteiger partial charge in [-0.15, -0.1) is 24.0 Å². The number of benzene rings is 1. The second-order valence-corrected chi connectivity index (χ2v) is 5.67. The first kappa shape index (κ1) is 15.6. The van der Waals surface area contributed by atoms with E-state index in [1.54, 1.807) is 0 Å².